The Morgan fingerprint density at radius 2 is 1.96 bits per heavy atom. The van der Waals surface area contributed by atoms with Crippen molar-refractivity contribution in [2.45, 2.75) is 65.3 Å². The van der Waals surface area contributed by atoms with Gasteiger partial charge in [-0.15, -0.1) is 0 Å². The molecule has 5 heteroatoms. The van der Waals surface area contributed by atoms with E-state index < -0.39 is 0 Å². The molecule has 0 spiro atoms. The largest absolute Gasteiger partial charge is 0.338 e. The van der Waals surface area contributed by atoms with E-state index in [1.807, 2.05) is 0 Å². The number of piperidine rings is 1. The molecule has 1 aromatic heterocycles. The second-order valence-electron chi connectivity index (χ2n) is 7.42. The summed E-state index contributed by atoms with van der Waals surface area (Å²) in [5.74, 6) is 2.74. The van der Waals surface area contributed by atoms with Gasteiger partial charge < -0.3 is 9.42 Å². The van der Waals surface area contributed by atoms with Gasteiger partial charge in [0.25, 0.3) is 0 Å². The van der Waals surface area contributed by atoms with E-state index >= 15 is 0 Å². The molecule has 132 valence electrons. The van der Waals surface area contributed by atoms with Crippen molar-refractivity contribution in [1.82, 2.24) is 19.9 Å². The van der Waals surface area contributed by atoms with Crippen LogP contribution in [0.2, 0.25) is 0 Å². The van der Waals surface area contributed by atoms with Crippen LogP contribution in [0.1, 0.15) is 77.1 Å². The molecule has 0 bridgehead atoms. The Morgan fingerprint density at radius 1 is 1.26 bits per heavy atom. The summed E-state index contributed by atoms with van der Waals surface area (Å²) >= 11 is 0. The minimum absolute atomic E-state index is 0.230. The summed E-state index contributed by atoms with van der Waals surface area (Å²) in [6.45, 7) is 13.4. The zero-order valence-electron chi connectivity index (χ0n) is 15.6. The van der Waals surface area contributed by atoms with Gasteiger partial charge in [0.1, 0.15) is 0 Å². The number of nitrogens with zero attached hydrogens (tertiary/aromatic N) is 4. The monoisotopic (exact) mass is 322 g/mol. The first-order valence-electron chi connectivity index (χ1n) is 9.27. The number of aromatic nitrogens is 2. The maximum atomic E-state index is 5.47. The van der Waals surface area contributed by atoms with Gasteiger partial charge in [0, 0.05) is 12.5 Å². The van der Waals surface area contributed by atoms with Crippen molar-refractivity contribution in [1.29, 1.82) is 0 Å². The number of unbranched alkanes of at least 4 members (excludes halogenated alkanes) is 1. The summed E-state index contributed by atoms with van der Waals surface area (Å²) < 4.78 is 5.47. The average molecular weight is 322 g/mol. The molecule has 1 saturated heterocycles. The third-order valence-corrected chi connectivity index (χ3v) is 4.99. The van der Waals surface area contributed by atoms with Crippen LogP contribution in [-0.2, 0) is 0 Å². The van der Waals surface area contributed by atoms with Gasteiger partial charge in [-0.2, -0.15) is 4.98 Å². The number of likely N-dealkylation sites (tertiary alicyclic amines) is 1. The first kappa shape index (κ1) is 18.4. The Kier molecular flexibility index (Phi) is 7.03. The molecular weight excluding hydrogens is 288 g/mol. The van der Waals surface area contributed by atoms with Gasteiger partial charge in [-0.25, -0.2) is 0 Å². The highest BCUT2D eigenvalue weighted by atomic mass is 16.5. The van der Waals surface area contributed by atoms with E-state index in [2.05, 4.69) is 54.7 Å². The second kappa shape index (κ2) is 8.78. The highest BCUT2D eigenvalue weighted by molar-refractivity contribution is 4.96. The van der Waals surface area contributed by atoms with Crippen molar-refractivity contribution < 1.29 is 4.52 Å². The molecule has 1 aliphatic heterocycles. The Balaban J connectivity index is 1.79. The topological polar surface area (TPSA) is 45.4 Å². The standard InChI is InChI=1S/C18H34N4O/c1-6-7-10-21(5)13-16-8-11-22(12-9-16)15(4)18-19-17(14(2)3)20-23-18/h14-16H,6-13H2,1-5H3/t15-/m0/s1. The highest BCUT2D eigenvalue weighted by Crippen LogP contribution is 2.26. The maximum Gasteiger partial charge on any atom is 0.243 e. The minimum atomic E-state index is 0.230. The van der Waals surface area contributed by atoms with Crippen molar-refractivity contribution in [3.05, 3.63) is 11.7 Å². The molecule has 0 radical (unpaired) electrons. The summed E-state index contributed by atoms with van der Waals surface area (Å²) in [5, 5.41) is 4.10. The zero-order chi connectivity index (χ0) is 16.8. The molecule has 23 heavy (non-hydrogen) atoms. The van der Waals surface area contributed by atoms with Crippen LogP contribution >= 0.6 is 0 Å². The fourth-order valence-corrected chi connectivity index (χ4v) is 3.29. The molecule has 0 unspecified atom stereocenters. The summed E-state index contributed by atoms with van der Waals surface area (Å²) in [5.41, 5.74) is 0. The van der Waals surface area contributed by atoms with Crippen LogP contribution in [0.4, 0.5) is 0 Å². The van der Waals surface area contributed by atoms with Gasteiger partial charge in [0.2, 0.25) is 5.89 Å². The lowest BCUT2D eigenvalue weighted by molar-refractivity contribution is 0.105. The third-order valence-electron chi connectivity index (χ3n) is 4.99. The molecule has 2 heterocycles. The van der Waals surface area contributed by atoms with Gasteiger partial charge in [-0.05, 0) is 58.8 Å². The lowest BCUT2D eigenvalue weighted by Gasteiger charge is -2.36. The molecule has 1 aromatic rings. The predicted octanol–water partition coefficient (Wildman–Crippen LogP) is 3.70. The lowest BCUT2D eigenvalue weighted by Crippen LogP contribution is -2.39. The molecule has 0 aromatic carbocycles. The van der Waals surface area contributed by atoms with Crippen LogP contribution in [0, 0.1) is 5.92 Å². The van der Waals surface area contributed by atoms with E-state index in [0.717, 1.165) is 30.7 Å². The molecule has 0 N–H and O–H groups in total. The Hall–Kier alpha value is -0.940. The molecule has 0 saturated carbocycles. The summed E-state index contributed by atoms with van der Waals surface area (Å²) in [7, 11) is 2.26. The van der Waals surface area contributed by atoms with E-state index in [-0.39, 0.29) is 6.04 Å². The minimum Gasteiger partial charge on any atom is -0.338 e. The van der Waals surface area contributed by atoms with Crippen molar-refractivity contribution in [2.75, 3.05) is 33.2 Å². The number of rotatable bonds is 8. The summed E-state index contributed by atoms with van der Waals surface area (Å²) in [6.07, 6.45) is 5.13. The first-order valence-corrected chi connectivity index (χ1v) is 9.27. The van der Waals surface area contributed by atoms with Gasteiger partial charge in [-0.3, -0.25) is 4.90 Å². The fourth-order valence-electron chi connectivity index (χ4n) is 3.29. The van der Waals surface area contributed by atoms with E-state index in [9.17, 15) is 0 Å². The van der Waals surface area contributed by atoms with Crippen molar-refractivity contribution in [3.63, 3.8) is 0 Å². The van der Waals surface area contributed by atoms with Crippen LogP contribution in [0.5, 0.6) is 0 Å². The smallest absolute Gasteiger partial charge is 0.243 e. The zero-order valence-corrected chi connectivity index (χ0v) is 15.6. The molecule has 5 nitrogen and oxygen atoms in total. The first-order chi connectivity index (χ1) is 11.0. The van der Waals surface area contributed by atoms with Crippen molar-refractivity contribution >= 4 is 0 Å². The number of hydrogen-bond acceptors (Lipinski definition) is 5. The quantitative estimate of drug-likeness (QED) is 0.730. The van der Waals surface area contributed by atoms with Gasteiger partial charge in [0.05, 0.1) is 6.04 Å². The van der Waals surface area contributed by atoms with Crippen LogP contribution in [0.15, 0.2) is 4.52 Å². The fraction of sp³-hybridized carbons (Fsp3) is 0.889. The second-order valence-corrected chi connectivity index (χ2v) is 7.42. The molecule has 1 atom stereocenters. The van der Waals surface area contributed by atoms with Crippen LogP contribution < -0.4 is 0 Å². The maximum absolute atomic E-state index is 5.47. The third kappa shape index (κ3) is 5.28. The molecule has 1 fully saturated rings. The van der Waals surface area contributed by atoms with E-state index in [4.69, 9.17) is 4.52 Å². The van der Waals surface area contributed by atoms with Crippen molar-refractivity contribution in [2.24, 2.45) is 5.92 Å². The van der Waals surface area contributed by atoms with Crippen LogP contribution in [0.3, 0.4) is 0 Å². The molecule has 0 aliphatic carbocycles. The predicted molar refractivity (Wildman–Crippen MR) is 93.5 cm³/mol. The van der Waals surface area contributed by atoms with E-state index in [0.29, 0.717) is 5.92 Å². The van der Waals surface area contributed by atoms with Gasteiger partial charge >= 0.3 is 0 Å². The molecular formula is C18H34N4O. The summed E-state index contributed by atoms with van der Waals surface area (Å²) in [6, 6.07) is 0.230. The summed E-state index contributed by atoms with van der Waals surface area (Å²) in [4.78, 5) is 9.54. The van der Waals surface area contributed by atoms with Gasteiger partial charge in [0.15, 0.2) is 5.82 Å². The normalized spacial score (nSPS) is 18.9. The average Bonchev–Trinajstić information content (AvgIpc) is 3.03. The molecule has 0 amide bonds. The Labute approximate surface area is 141 Å². The number of hydrogen-bond donors (Lipinski definition) is 0. The van der Waals surface area contributed by atoms with Crippen LogP contribution in [-0.4, -0.2) is 53.2 Å². The van der Waals surface area contributed by atoms with Crippen LogP contribution in [0.25, 0.3) is 0 Å². The Morgan fingerprint density at radius 3 is 2.52 bits per heavy atom. The SMILES string of the molecule is CCCCN(C)CC1CCN([C@@H](C)c2nc(C(C)C)no2)CC1. The van der Waals surface area contributed by atoms with E-state index in [1.165, 1.54) is 38.8 Å². The lowest BCUT2D eigenvalue weighted by atomic mass is 9.95. The molecule has 2 rings (SSSR count). The van der Waals surface area contributed by atoms with Gasteiger partial charge in [-0.1, -0.05) is 32.3 Å². The molecule has 1 aliphatic rings. The highest BCUT2D eigenvalue weighted by Gasteiger charge is 2.27. The van der Waals surface area contributed by atoms with Crippen molar-refractivity contribution in [3.8, 4) is 0 Å². The van der Waals surface area contributed by atoms with E-state index in [1.54, 1.807) is 0 Å². The Bertz CT molecular complexity index is 452.